The van der Waals surface area contributed by atoms with Crippen LogP contribution in [0.4, 0.5) is 22.8 Å². The molecule has 1 aliphatic heterocycles. The van der Waals surface area contributed by atoms with E-state index in [1.54, 1.807) is 24.9 Å². The number of piperidine rings is 1. The summed E-state index contributed by atoms with van der Waals surface area (Å²) in [6.07, 6.45) is -2.31. The SMILES string of the molecule is CCC(c1cc[nH]n1)C1CC(N(Cc2cc(Cl)cc(C(F)(F)F)c2)C(=O)OC)CC(CC)N1C(=O)OC(C)C. The summed E-state index contributed by atoms with van der Waals surface area (Å²) < 4.78 is 51.1. The van der Waals surface area contributed by atoms with Gasteiger partial charge in [0.2, 0.25) is 0 Å². The number of nitrogens with zero attached hydrogens (tertiary/aromatic N) is 3. The van der Waals surface area contributed by atoms with E-state index in [-0.39, 0.29) is 41.2 Å². The van der Waals surface area contributed by atoms with Crippen molar-refractivity contribution in [3.8, 4) is 0 Å². The predicted molar refractivity (Wildman–Crippen MR) is 140 cm³/mol. The molecule has 1 aliphatic rings. The van der Waals surface area contributed by atoms with Crippen LogP contribution in [-0.2, 0) is 22.2 Å². The third-order valence-electron chi connectivity index (χ3n) is 7.12. The normalized spacial score (nSPS) is 20.6. The number of carbonyl (C=O) groups is 2. The second-order valence-corrected chi connectivity index (χ2v) is 10.5. The van der Waals surface area contributed by atoms with Gasteiger partial charge in [-0.05, 0) is 69.4 Å². The third-order valence-corrected chi connectivity index (χ3v) is 7.34. The number of methoxy groups -OCH3 is 1. The molecule has 0 radical (unpaired) electrons. The van der Waals surface area contributed by atoms with Crippen molar-refractivity contribution in [3.05, 3.63) is 52.3 Å². The standard InChI is InChI=1S/C27H36ClF3N4O4/c1-6-20-13-21(34(25(36)38-5)15-17-10-18(27(29,30)31)12-19(28)11-17)14-24(35(20)26(37)39-16(3)4)22(7-2)23-8-9-32-33-23/h8-12,16,20-22,24H,6-7,13-15H2,1-5H3,(H,32,33). The van der Waals surface area contributed by atoms with Crippen molar-refractivity contribution >= 4 is 23.8 Å². The summed E-state index contributed by atoms with van der Waals surface area (Å²) in [7, 11) is 1.23. The van der Waals surface area contributed by atoms with Gasteiger partial charge < -0.3 is 19.3 Å². The summed E-state index contributed by atoms with van der Waals surface area (Å²) in [5.74, 6) is -0.171. The average Bonchev–Trinajstić information content (AvgIpc) is 3.40. The van der Waals surface area contributed by atoms with E-state index in [2.05, 4.69) is 10.2 Å². The molecule has 1 fully saturated rings. The molecule has 0 spiro atoms. The summed E-state index contributed by atoms with van der Waals surface area (Å²) in [5, 5.41) is 7.12. The van der Waals surface area contributed by atoms with E-state index in [0.717, 1.165) is 17.8 Å². The topological polar surface area (TPSA) is 87.8 Å². The molecule has 2 aromatic rings. The van der Waals surface area contributed by atoms with Gasteiger partial charge in [-0.1, -0.05) is 25.4 Å². The van der Waals surface area contributed by atoms with Crippen LogP contribution in [0.1, 0.15) is 76.1 Å². The molecule has 1 aromatic heterocycles. The fraction of sp³-hybridized carbons (Fsp3) is 0.593. The molecule has 216 valence electrons. The molecule has 8 nitrogen and oxygen atoms in total. The van der Waals surface area contributed by atoms with Gasteiger partial charge >= 0.3 is 18.4 Å². The molecule has 39 heavy (non-hydrogen) atoms. The highest BCUT2D eigenvalue weighted by molar-refractivity contribution is 6.30. The van der Waals surface area contributed by atoms with Crippen molar-refractivity contribution in [2.75, 3.05) is 7.11 Å². The molecule has 0 aliphatic carbocycles. The van der Waals surface area contributed by atoms with Crippen LogP contribution in [0.15, 0.2) is 30.5 Å². The Morgan fingerprint density at radius 3 is 2.49 bits per heavy atom. The first-order chi connectivity index (χ1) is 18.4. The Kier molecular flexibility index (Phi) is 10.1. The van der Waals surface area contributed by atoms with Crippen LogP contribution in [0.5, 0.6) is 0 Å². The number of H-pyrrole nitrogens is 1. The number of likely N-dealkylation sites (tertiary alicyclic amines) is 1. The third kappa shape index (κ3) is 7.38. The number of halogens is 4. The van der Waals surface area contributed by atoms with E-state index in [1.165, 1.54) is 18.1 Å². The van der Waals surface area contributed by atoms with Crippen LogP contribution in [0.3, 0.4) is 0 Å². The minimum absolute atomic E-state index is 0.0789. The zero-order valence-electron chi connectivity index (χ0n) is 22.8. The van der Waals surface area contributed by atoms with E-state index in [1.807, 2.05) is 19.9 Å². The number of carbonyl (C=O) groups excluding carboxylic acids is 2. The molecule has 4 atom stereocenters. The number of nitrogens with one attached hydrogen (secondary N) is 1. The molecule has 1 N–H and O–H groups in total. The maximum Gasteiger partial charge on any atom is 0.416 e. The summed E-state index contributed by atoms with van der Waals surface area (Å²) >= 11 is 6.02. The fourth-order valence-corrected chi connectivity index (χ4v) is 5.69. The van der Waals surface area contributed by atoms with Gasteiger partial charge in [0.1, 0.15) is 0 Å². The van der Waals surface area contributed by atoms with E-state index in [9.17, 15) is 22.8 Å². The van der Waals surface area contributed by atoms with Crippen molar-refractivity contribution in [1.29, 1.82) is 0 Å². The Labute approximate surface area is 231 Å². The minimum atomic E-state index is -4.59. The van der Waals surface area contributed by atoms with E-state index >= 15 is 0 Å². The Bertz CT molecular complexity index is 1110. The summed E-state index contributed by atoms with van der Waals surface area (Å²) in [4.78, 5) is 29.6. The first-order valence-corrected chi connectivity index (χ1v) is 13.5. The Morgan fingerprint density at radius 1 is 1.23 bits per heavy atom. The maximum atomic E-state index is 13.5. The van der Waals surface area contributed by atoms with Crippen molar-refractivity contribution in [2.45, 2.75) is 96.2 Å². The van der Waals surface area contributed by atoms with Crippen LogP contribution in [0.2, 0.25) is 5.02 Å². The molecule has 2 heterocycles. The Hall–Kier alpha value is -2.95. The first-order valence-electron chi connectivity index (χ1n) is 13.1. The summed E-state index contributed by atoms with van der Waals surface area (Å²) in [6, 6.07) is 4.01. The molecule has 3 rings (SSSR count). The minimum Gasteiger partial charge on any atom is -0.453 e. The molecular weight excluding hydrogens is 537 g/mol. The van der Waals surface area contributed by atoms with Crippen LogP contribution in [0.25, 0.3) is 0 Å². The Morgan fingerprint density at radius 2 is 1.95 bits per heavy atom. The predicted octanol–water partition coefficient (Wildman–Crippen LogP) is 7.00. The van der Waals surface area contributed by atoms with E-state index < -0.39 is 30.0 Å². The molecule has 0 bridgehead atoms. The van der Waals surface area contributed by atoms with Crippen molar-refractivity contribution in [2.24, 2.45) is 0 Å². The number of hydrogen-bond donors (Lipinski definition) is 1. The highest BCUT2D eigenvalue weighted by Gasteiger charge is 2.45. The fourth-order valence-electron chi connectivity index (χ4n) is 5.43. The van der Waals surface area contributed by atoms with Gasteiger partial charge in [-0.2, -0.15) is 18.3 Å². The molecule has 12 heteroatoms. The lowest BCUT2D eigenvalue weighted by Gasteiger charge is -2.49. The monoisotopic (exact) mass is 572 g/mol. The van der Waals surface area contributed by atoms with Gasteiger partial charge in [-0.25, -0.2) is 9.59 Å². The second-order valence-electron chi connectivity index (χ2n) is 10.1. The zero-order chi connectivity index (χ0) is 28.9. The van der Waals surface area contributed by atoms with Crippen molar-refractivity contribution in [3.63, 3.8) is 0 Å². The number of aromatic nitrogens is 2. The lowest BCUT2D eigenvalue weighted by Crippen LogP contribution is -2.59. The number of aromatic amines is 1. The molecule has 2 amide bonds. The van der Waals surface area contributed by atoms with Crippen LogP contribution < -0.4 is 0 Å². The number of rotatable bonds is 8. The number of alkyl halides is 3. The number of hydrogen-bond acceptors (Lipinski definition) is 5. The van der Waals surface area contributed by atoms with Gasteiger partial charge in [0.25, 0.3) is 0 Å². The lowest BCUT2D eigenvalue weighted by molar-refractivity contribution is -0.137. The van der Waals surface area contributed by atoms with Gasteiger partial charge in [-0.3, -0.25) is 5.10 Å². The highest BCUT2D eigenvalue weighted by Crippen LogP contribution is 2.39. The summed E-state index contributed by atoms with van der Waals surface area (Å²) in [5.41, 5.74) is 0.107. The van der Waals surface area contributed by atoms with E-state index in [4.69, 9.17) is 21.1 Å². The van der Waals surface area contributed by atoms with Gasteiger partial charge in [-0.15, -0.1) is 0 Å². The second kappa shape index (κ2) is 12.9. The lowest BCUT2D eigenvalue weighted by atomic mass is 9.80. The summed E-state index contributed by atoms with van der Waals surface area (Å²) in [6.45, 7) is 7.37. The zero-order valence-corrected chi connectivity index (χ0v) is 23.6. The van der Waals surface area contributed by atoms with Crippen LogP contribution in [-0.4, -0.2) is 63.5 Å². The molecule has 4 unspecified atom stereocenters. The highest BCUT2D eigenvalue weighted by atomic mass is 35.5. The largest absolute Gasteiger partial charge is 0.453 e. The average molecular weight is 573 g/mol. The van der Waals surface area contributed by atoms with Crippen molar-refractivity contribution < 1.29 is 32.2 Å². The maximum absolute atomic E-state index is 13.5. The quantitative estimate of drug-likeness (QED) is 0.368. The number of benzene rings is 1. The van der Waals surface area contributed by atoms with Crippen LogP contribution in [0, 0.1) is 0 Å². The van der Waals surface area contributed by atoms with E-state index in [0.29, 0.717) is 25.7 Å². The van der Waals surface area contributed by atoms with Gasteiger partial charge in [0.05, 0.1) is 24.5 Å². The van der Waals surface area contributed by atoms with Gasteiger partial charge in [0, 0.05) is 41.8 Å². The smallest absolute Gasteiger partial charge is 0.416 e. The van der Waals surface area contributed by atoms with Crippen LogP contribution >= 0.6 is 11.6 Å². The number of amides is 2. The molecule has 0 saturated carbocycles. The van der Waals surface area contributed by atoms with Crippen molar-refractivity contribution in [1.82, 2.24) is 20.0 Å². The number of ether oxygens (including phenoxy) is 2. The van der Waals surface area contributed by atoms with Gasteiger partial charge in [0.15, 0.2) is 0 Å². The molecule has 1 saturated heterocycles. The Balaban J connectivity index is 2.03. The molecular formula is C27H36ClF3N4O4. The molecule has 1 aromatic carbocycles. The first kappa shape index (κ1) is 30.6.